The van der Waals surface area contributed by atoms with Crippen LogP contribution in [0.25, 0.3) is 113 Å². The van der Waals surface area contributed by atoms with Crippen molar-refractivity contribution >= 4 is 0 Å². The van der Waals surface area contributed by atoms with E-state index >= 15 is 0 Å². The van der Waals surface area contributed by atoms with E-state index in [1.54, 1.807) is 0 Å². The molecule has 0 aliphatic heterocycles. The number of aromatic nitrogens is 5. The van der Waals surface area contributed by atoms with Crippen LogP contribution in [0.3, 0.4) is 0 Å². The first-order chi connectivity index (χ1) is 52.0. The van der Waals surface area contributed by atoms with Crippen LogP contribution in [0.4, 0.5) is 0 Å². The van der Waals surface area contributed by atoms with Gasteiger partial charge in [0.2, 0.25) is 0 Å². The third-order valence-corrected chi connectivity index (χ3v) is 22.2. The summed E-state index contributed by atoms with van der Waals surface area (Å²) in [6.07, 6.45) is 0. The van der Waals surface area contributed by atoms with Gasteiger partial charge in [0.15, 0.2) is 23.3 Å². The van der Waals surface area contributed by atoms with E-state index in [1.165, 1.54) is 77.9 Å². The van der Waals surface area contributed by atoms with Crippen LogP contribution in [0.1, 0.15) is 66.8 Å². The van der Waals surface area contributed by atoms with Crippen molar-refractivity contribution in [2.75, 3.05) is 0 Å². The molecule has 0 radical (unpaired) electrons. The van der Waals surface area contributed by atoms with E-state index in [0.717, 1.165) is 78.1 Å². The molecule has 0 unspecified atom stereocenters. The van der Waals surface area contributed by atoms with E-state index in [1.807, 2.05) is 36.4 Å². The molecule has 0 atom stereocenters. The van der Waals surface area contributed by atoms with Gasteiger partial charge in [-0.3, -0.25) is 0 Å². The molecule has 0 fully saturated rings. The minimum absolute atomic E-state index is 0.595. The molecule has 0 N–H and O–H groups in total. The smallest absolute Gasteiger partial charge is 0.164 e. The Morgan fingerprint density at radius 1 is 0.143 bits per heavy atom. The van der Waals surface area contributed by atoms with Gasteiger partial charge in [0.25, 0.3) is 0 Å². The lowest BCUT2D eigenvalue weighted by Gasteiger charge is -2.41. The van der Waals surface area contributed by atoms with Gasteiger partial charge >= 0.3 is 0 Å². The molecule has 0 spiro atoms. The fourth-order valence-corrected chi connectivity index (χ4v) is 17.7. The van der Waals surface area contributed by atoms with Crippen molar-refractivity contribution in [1.82, 2.24) is 24.9 Å². The molecule has 17 aromatic rings. The summed E-state index contributed by atoms with van der Waals surface area (Å²) in [6.45, 7) is 0. The molecule has 20 rings (SSSR count). The molecule has 3 aliphatic carbocycles. The van der Waals surface area contributed by atoms with Crippen molar-refractivity contribution in [1.29, 1.82) is 0 Å². The molecule has 0 bridgehead atoms. The Morgan fingerprint density at radius 3 is 0.619 bits per heavy atom. The van der Waals surface area contributed by atoms with Crippen molar-refractivity contribution in [3.63, 3.8) is 0 Å². The Bertz CT molecular complexity index is 5640. The predicted octanol–water partition coefficient (Wildman–Crippen LogP) is 23.4. The summed E-state index contributed by atoms with van der Waals surface area (Å²) in [5, 5.41) is 0. The van der Waals surface area contributed by atoms with Crippen molar-refractivity contribution in [2.24, 2.45) is 0 Å². The topological polar surface area (TPSA) is 64.5 Å². The molecule has 5 nitrogen and oxygen atoms in total. The van der Waals surface area contributed by atoms with Gasteiger partial charge in [0.1, 0.15) is 0 Å². The van der Waals surface area contributed by atoms with Crippen LogP contribution in [0.15, 0.2) is 394 Å². The molecule has 0 saturated carbocycles. The lowest BCUT2D eigenvalue weighted by atomic mass is 9.60. The molecular weight excluding hydrogens is 1270 g/mol. The summed E-state index contributed by atoms with van der Waals surface area (Å²) in [5.41, 5.74) is 28.4. The second kappa shape index (κ2) is 24.9. The third kappa shape index (κ3) is 9.66. The molecule has 0 amide bonds. The molecule has 2 heterocycles. The summed E-state index contributed by atoms with van der Waals surface area (Å²) in [6, 6.07) is 145. The lowest BCUT2D eigenvalue weighted by Crippen LogP contribution is -2.35. The van der Waals surface area contributed by atoms with Crippen LogP contribution in [0.5, 0.6) is 0 Å². The number of rotatable bonds is 13. The van der Waals surface area contributed by atoms with Gasteiger partial charge in [-0.2, -0.15) is 0 Å². The maximum Gasteiger partial charge on any atom is 0.164 e. The molecule has 105 heavy (non-hydrogen) atoms. The Labute approximate surface area is 611 Å². The highest BCUT2D eigenvalue weighted by Crippen LogP contribution is 2.63. The number of benzene rings is 15. The summed E-state index contributed by atoms with van der Waals surface area (Å²) < 4.78 is 0. The fourth-order valence-electron chi connectivity index (χ4n) is 17.7. The average molecular weight is 1340 g/mol. The van der Waals surface area contributed by atoms with E-state index in [4.69, 9.17) is 24.9 Å². The first kappa shape index (κ1) is 61.3. The van der Waals surface area contributed by atoms with Crippen molar-refractivity contribution in [3.8, 4) is 113 Å². The van der Waals surface area contributed by atoms with Crippen molar-refractivity contribution in [3.05, 3.63) is 461 Å². The van der Waals surface area contributed by atoms with E-state index < -0.39 is 16.2 Å². The summed E-state index contributed by atoms with van der Waals surface area (Å²) in [5.74, 6) is 2.48. The molecule has 5 heteroatoms. The van der Waals surface area contributed by atoms with E-state index in [2.05, 4.69) is 358 Å². The van der Waals surface area contributed by atoms with Crippen LogP contribution < -0.4 is 0 Å². The molecular formula is C100H65N5. The third-order valence-electron chi connectivity index (χ3n) is 22.2. The predicted molar refractivity (Wildman–Crippen MR) is 425 cm³/mol. The maximum absolute atomic E-state index is 5.39. The summed E-state index contributed by atoms with van der Waals surface area (Å²) in [4.78, 5) is 26.4. The molecule has 15 aromatic carbocycles. The SMILES string of the molecule is c1ccc(-c2ccc(C3(c4cc(C5(c6ccc(-c7nc(-c8ccccc8)cc(-c8ccccc8)n7)cc6)c6ccccc6-c6ccccc65)cc(C5(c6ccc(-c7nc(-c8ccccc8)nc(-c8ccccc8)n7)cc6)c6ccccc6-c6ccccc65)c4)c4ccccc4-c4ccccc43)cc2)cc1. The second-order valence-electron chi connectivity index (χ2n) is 27.7. The average Bonchev–Trinajstić information content (AvgIpc) is 1.55. The van der Waals surface area contributed by atoms with Crippen molar-refractivity contribution < 1.29 is 0 Å². The quantitative estimate of drug-likeness (QED) is 0.115. The molecule has 2 aromatic heterocycles. The van der Waals surface area contributed by atoms with Gasteiger partial charge in [-0.1, -0.05) is 388 Å². The second-order valence-corrected chi connectivity index (χ2v) is 27.7. The van der Waals surface area contributed by atoms with Crippen LogP contribution in [-0.2, 0) is 16.2 Å². The van der Waals surface area contributed by atoms with Gasteiger partial charge in [0.05, 0.1) is 27.6 Å². The van der Waals surface area contributed by atoms with Crippen LogP contribution in [-0.4, -0.2) is 24.9 Å². The van der Waals surface area contributed by atoms with E-state index in [-0.39, 0.29) is 0 Å². The maximum atomic E-state index is 5.39. The Kier molecular flexibility index (Phi) is 14.5. The fraction of sp³-hybridized carbons (Fsp3) is 0.0300. The molecule has 0 saturated heterocycles. The molecule has 490 valence electrons. The number of fused-ring (bicyclic) bond motifs is 9. The normalized spacial score (nSPS) is 13.6. The highest BCUT2D eigenvalue weighted by Gasteiger charge is 2.53. The van der Waals surface area contributed by atoms with E-state index in [9.17, 15) is 0 Å². The molecule has 3 aliphatic rings. The van der Waals surface area contributed by atoms with Gasteiger partial charge in [-0.05, 0) is 117 Å². The Hall–Kier alpha value is -13.6. The zero-order chi connectivity index (χ0) is 69.5. The van der Waals surface area contributed by atoms with Crippen LogP contribution in [0.2, 0.25) is 0 Å². The Balaban J connectivity index is 0.890. The van der Waals surface area contributed by atoms with Gasteiger partial charge in [-0.15, -0.1) is 0 Å². The highest BCUT2D eigenvalue weighted by molar-refractivity contribution is 5.92. The Morgan fingerprint density at radius 2 is 0.343 bits per heavy atom. The summed E-state index contributed by atoms with van der Waals surface area (Å²) in [7, 11) is 0. The highest BCUT2D eigenvalue weighted by atomic mass is 15.0. The number of nitrogens with zero attached hydrogens (tertiary/aromatic N) is 5. The van der Waals surface area contributed by atoms with Gasteiger partial charge in [-0.25, -0.2) is 24.9 Å². The monoisotopic (exact) mass is 1340 g/mol. The number of hydrogen-bond donors (Lipinski definition) is 0. The summed E-state index contributed by atoms with van der Waals surface area (Å²) >= 11 is 0. The minimum Gasteiger partial charge on any atom is -0.228 e. The number of hydrogen-bond acceptors (Lipinski definition) is 5. The largest absolute Gasteiger partial charge is 0.228 e. The van der Waals surface area contributed by atoms with E-state index in [0.29, 0.717) is 23.3 Å². The van der Waals surface area contributed by atoms with Crippen LogP contribution in [0, 0.1) is 0 Å². The zero-order valence-electron chi connectivity index (χ0n) is 57.3. The standard InChI is InChI=1S/C100H65N5/c1-6-28-66(29-7-1)67-50-56-74(57-51-67)98(86-44-22-16-38-80(86)81-39-17-23-45-87(81)98)77-62-78(99(88-46-24-18-40-82(88)83-41-19-25-47-89(83)99)75-58-52-72(53-59-75)94-101-92(68-30-8-2-9-31-68)65-93(102-94)69-32-10-3-11-33-69)64-79(63-77)100(90-48-26-20-42-84(90)85-43-21-27-49-91(85)100)76-60-54-73(55-61-76)97-104-95(70-34-12-4-13-35-70)103-96(105-97)71-36-14-5-15-37-71/h1-65H. The first-order valence-corrected chi connectivity index (χ1v) is 36.0. The minimum atomic E-state index is -0.920. The van der Waals surface area contributed by atoms with Gasteiger partial charge in [0, 0.05) is 33.4 Å². The van der Waals surface area contributed by atoms with Crippen LogP contribution >= 0.6 is 0 Å². The zero-order valence-corrected chi connectivity index (χ0v) is 57.3. The van der Waals surface area contributed by atoms with Gasteiger partial charge < -0.3 is 0 Å². The lowest BCUT2D eigenvalue weighted by molar-refractivity contribution is 0.713. The van der Waals surface area contributed by atoms with Crippen molar-refractivity contribution in [2.45, 2.75) is 16.2 Å². The first-order valence-electron chi connectivity index (χ1n) is 36.0.